The second kappa shape index (κ2) is 9.44. The van der Waals surface area contributed by atoms with Crippen LogP contribution in [0.1, 0.15) is 0 Å². The Hall–Kier alpha value is -5.66. The van der Waals surface area contributed by atoms with E-state index < -0.39 is 0 Å². The second-order valence-corrected chi connectivity index (χ2v) is 11.4. The number of rotatable bonds is 3. The van der Waals surface area contributed by atoms with Gasteiger partial charge in [-0.05, 0) is 85.6 Å². The van der Waals surface area contributed by atoms with E-state index in [-0.39, 0.29) is 0 Å². The Kier molecular flexibility index (Phi) is 5.27. The molecule has 200 valence electrons. The van der Waals surface area contributed by atoms with Crippen LogP contribution < -0.4 is 0 Å². The fraction of sp³-hybridized carbons (Fsp3) is 0. The molecule has 8 aromatic carbocycles. The average molecular weight is 546 g/mol. The number of hydrogen-bond acceptors (Lipinski definition) is 0. The van der Waals surface area contributed by atoms with Gasteiger partial charge < -0.3 is 4.57 Å². The van der Waals surface area contributed by atoms with Gasteiger partial charge in [-0.2, -0.15) is 0 Å². The highest BCUT2D eigenvalue weighted by Crippen LogP contribution is 2.42. The van der Waals surface area contributed by atoms with Gasteiger partial charge in [-0.1, -0.05) is 127 Å². The van der Waals surface area contributed by atoms with Gasteiger partial charge in [-0.15, -0.1) is 0 Å². The van der Waals surface area contributed by atoms with Gasteiger partial charge in [0.15, 0.2) is 0 Å². The van der Waals surface area contributed by atoms with Crippen molar-refractivity contribution in [2.24, 2.45) is 0 Å². The highest BCUT2D eigenvalue weighted by atomic mass is 15.0. The molecule has 0 atom stereocenters. The molecule has 0 unspecified atom stereocenters. The van der Waals surface area contributed by atoms with Crippen LogP contribution in [0.4, 0.5) is 0 Å². The van der Waals surface area contributed by atoms with Crippen molar-refractivity contribution < 1.29 is 0 Å². The lowest BCUT2D eigenvalue weighted by Gasteiger charge is -2.14. The summed E-state index contributed by atoms with van der Waals surface area (Å²) in [5, 5.41) is 10.2. The quantitative estimate of drug-likeness (QED) is 0.195. The van der Waals surface area contributed by atoms with Crippen molar-refractivity contribution in [3.63, 3.8) is 0 Å². The zero-order valence-corrected chi connectivity index (χ0v) is 23.5. The summed E-state index contributed by atoms with van der Waals surface area (Å²) in [6, 6.07) is 59.8. The van der Waals surface area contributed by atoms with Gasteiger partial charge in [0.05, 0.1) is 11.0 Å². The van der Waals surface area contributed by atoms with Crippen LogP contribution in [-0.2, 0) is 0 Å². The molecule has 1 heteroatoms. The van der Waals surface area contributed by atoms with Crippen molar-refractivity contribution in [3.05, 3.63) is 164 Å². The van der Waals surface area contributed by atoms with E-state index in [1.165, 1.54) is 82.1 Å². The van der Waals surface area contributed by atoms with Crippen molar-refractivity contribution in [1.82, 2.24) is 4.57 Å². The van der Waals surface area contributed by atoms with E-state index in [1.54, 1.807) is 0 Å². The van der Waals surface area contributed by atoms with Crippen LogP contribution in [-0.4, -0.2) is 4.57 Å². The summed E-state index contributed by atoms with van der Waals surface area (Å²) in [4.78, 5) is 0. The zero-order valence-electron chi connectivity index (χ0n) is 23.5. The molecule has 0 fully saturated rings. The van der Waals surface area contributed by atoms with Gasteiger partial charge >= 0.3 is 0 Å². The highest BCUT2D eigenvalue weighted by Gasteiger charge is 2.18. The molecule has 0 amide bonds. The summed E-state index contributed by atoms with van der Waals surface area (Å²) in [5.74, 6) is 0. The molecule has 43 heavy (non-hydrogen) atoms. The number of aromatic nitrogens is 1. The standard InChI is InChI=1S/C42H27N/c1-2-14-33(15-3-1)43-41-20-9-8-18-37(41)40-27-39(36-17-6-7-19-38(36)42(40)43)31-13-10-12-29(25-31)30-23-24-35-32(26-30)22-21-28-11-4-5-16-34(28)35/h1-27H. The molecule has 0 aliphatic carbocycles. The summed E-state index contributed by atoms with van der Waals surface area (Å²) in [6.07, 6.45) is 0. The predicted molar refractivity (Wildman–Crippen MR) is 184 cm³/mol. The molecular formula is C42H27N. The lowest BCUT2D eigenvalue weighted by Crippen LogP contribution is -1.94. The van der Waals surface area contributed by atoms with E-state index in [2.05, 4.69) is 168 Å². The molecular weight excluding hydrogens is 518 g/mol. The third-order valence-corrected chi connectivity index (χ3v) is 8.94. The third kappa shape index (κ3) is 3.72. The molecule has 1 aromatic heterocycles. The number of benzene rings is 8. The van der Waals surface area contributed by atoms with Crippen molar-refractivity contribution in [3.8, 4) is 27.9 Å². The van der Waals surface area contributed by atoms with Crippen LogP contribution in [0.3, 0.4) is 0 Å². The molecule has 0 aliphatic rings. The van der Waals surface area contributed by atoms with E-state index in [1.807, 2.05) is 0 Å². The molecule has 1 heterocycles. The van der Waals surface area contributed by atoms with Crippen LogP contribution in [0.15, 0.2) is 164 Å². The maximum absolute atomic E-state index is 2.42. The minimum atomic E-state index is 1.18. The SMILES string of the molecule is c1ccc(-n2c3ccccc3c3cc(-c4cccc(-c5ccc6c(ccc7ccccc76)c5)c4)c4ccccc4c32)cc1. The normalized spacial score (nSPS) is 11.7. The van der Waals surface area contributed by atoms with E-state index in [0.717, 1.165) is 0 Å². The Labute approximate surface area is 249 Å². The summed E-state index contributed by atoms with van der Waals surface area (Å²) in [5.41, 5.74) is 8.60. The summed E-state index contributed by atoms with van der Waals surface area (Å²) in [6.45, 7) is 0. The van der Waals surface area contributed by atoms with E-state index in [4.69, 9.17) is 0 Å². The molecule has 0 bridgehead atoms. The van der Waals surface area contributed by atoms with Crippen molar-refractivity contribution >= 4 is 54.1 Å². The predicted octanol–water partition coefficient (Wildman–Crippen LogP) is 11.6. The Balaban J connectivity index is 1.27. The Bertz CT molecular complexity index is 2500. The van der Waals surface area contributed by atoms with Crippen LogP contribution in [0, 0.1) is 0 Å². The van der Waals surface area contributed by atoms with Gasteiger partial charge in [0.2, 0.25) is 0 Å². The summed E-state index contributed by atoms with van der Waals surface area (Å²) < 4.78 is 2.42. The first-order valence-electron chi connectivity index (χ1n) is 14.9. The summed E-state index contributed by atoms with van der Waals surface area (Å²) >= 11 is 0. The van der Waals surface area contributed by atoms with Crippen LogP contribution >= 0.6 is 0 Å². The van der Waals surface area contributed by atoms with Gasteiger partial charge in [0, 0.05) is 21.8 Å². The van der Waals surface area contributed by atoms with Gasteiger partial charge in [-0.25, -0.2) is 0 Å². The molecule has 0 saturated carbocycles. The van der Waals surface area contributed by atoms with E-state index in [0.29, 0.717) is 0 Å². The maximum Gasteiger partial charge on any atom is 0.0619 e. The Morgan fingerprint density at radius 3 is 1.86 bits per heavy atom. The number of hydrogen-bond donors (Lipinski definition) is 0. The van der Waals surface area contributed by atoms with Crippen molar-refractivity contribution in [1.29, 1.82) is 0 Å². The van der Waals surface area contributed by atoms with Crippen molar-refractivity contribution in [2.45, 2.75) is 0 Å². The second-order valence-electron chi connectivity index (χ2n) is 11.4. The fourth-order valence-corrected chi connectivity index (χ4v) is 6.97. The topological polar surface area (TPSA) is 4.93 Å². The van der Waals surface area contributed by atoms with Gasteiger partial charge in [0.1, 0.15) is 0 Å². The van der Waals surface area contributed by atoms with Crippen LogP contribution in [0.5, 0.6) is 0 Å². The smallest absolute Gasteiger partial charge is 0.0619 e. The summed E-state index contributed by atoms with van der Waals surface area (Å²) in [7, 11) is 0. The number of fused-ring (bicyclic) bond motifs is 8. The largest absolute Gasteiger partial charge is 0.309 e. The first-order chi connectivity index (χ1) is 21.3. The Morgan fingerprint density at radius 1 is 0.326 bits per heavy atom. The maximum atomic E-state index is 2.42. The molecule has 9 rings (SSSR count). The van der Waals surface area contributed by atoms with Gasteiger partial charge in [0.25, 0.3) is 0 Å². The molecule has 0 radical (unpaired) electrons. The van der Waals surface area contributed by atoms with Crippen molar-refractivity contribution in [2.75, 3.05) is 0 Å². The highest BCUT2D eigenvalue weighted by molar-refractivity contribution is 6.22. The minimum Gasteiger partial charge on any atom is -0.309 e. The molecule has 0 aliphatic heterocycles. The van der Waals surface area contributed by atoms with E-state index >= 15 is 0 Å². The molecule has 1 nitrogen and oxygen atoms in total. The van der Waals surface area contributed by atoms with Gasteiger partial charge in [-0.3, -0.25) is 0 Å². The monoisotopic (exact) mass is 545 g/mol. The first kappa shape index (κ1) is 24.0. The minimum absolute atomic E-state index is 1.18. The lowest BCUT2D eigenvalue weighted by molar-refractivity contribution is 1.19. The Morgan fingerprint density at radius 2 is 0.977 bits per heavy atom. The molecule has 9 aromatic rings. The fourth-order valence-electron chi connectivity index (χ4n) is 6.97. The molecule has 0 saturated heterocycles. The molecule has 0 N–H and O–H groups in total. The van der Waals surface area contributed by atoms with Crippen LogP contribution in [0.2, 0.25) is 0 Å². The van der Waals surface area contributed by atoms with Crippen LogP contribution in [0.25, 0.3) is 82.1 Å². The third-order valence-electron chi connectivity index (χ3n) is 8.94. The molecule has 0 spiro atoms. The van der Waals surface area contributed by atoms with E-state index in [9.17, 15) is 0 Å². The zero-order chi connectivity index (χ0) is 28.3. The average Bonchev–Trinajstić information content (AvgIpc) is 3.42. The number of nitrogens with zero attached hydrogens (tertiary/aromatic N) is 1. The number of para-hydroxylation sites is 2. The first-order valence-corrected chi connectivity index (χ1v) is 14.9. The lowest BCUT2D eigenvalue weighted by atomic mass is 9.92.